The maximum atomic E-state index is 11.4. The fraction of sp³-hybridized carbons (Fsp3) is 0.222. The van der Waals surface area contributed by atoms with Gasteiger partial charge in [-0.25, -0.2) is 4.79 Å². The summed E-state index contributed by atoms with van der Waals surface area (Å²) in [7, 11) is 1.31. The zero-order chi connectivity index (χ0) is 16.2. The summed E-state index contributed by atoms with van der Waals surface area (Å²) in [4.78, 5) is 11.4. The summed E-state index contributed by atoms with van der Waals surface area (Å²) in [6.45, 7) is 1.70. The molecule has 0 bridgehead atoms. The minimum absolute atomic E-state index is 0.400. The lowest BCUT2D eigenvalue weighted by Crippen LogP contribution is -2.28. The molecular formula is C18H17NO3. The Kier molecular flexibility index (Phi) is 4.59. The molecule has 0 aromatic heterocycles. The van der Waals surface area contributed by atoms with Gasteiger partial charge in [0.05, 0.1) is 18.7 Å². The van der Waals surface area contributed by atoms with Gasteiger partial charge in [0.25, 0.3) is 0 Å². The highest BCUT2D eigenvalue weighted by atomic mass is 16.5. The van der Waals surface area contributed by atoms with Crippen molar-refractivity contribution >= 4 is 5.97 Å². The first-order chi connectivity index (χ1) is 10.5. The van der Waals surface area contributed by atoms with Crippen molar-refractivity contribution in [1.82, 2.24) is 0 Å². The fourth-order valence-corrected chi connectivity index (χ4v) is 2.32. The number of aliphatic hydroxyl groups excluding tert-OH is 1. The summed E-state index contributed by atoms with van der Waals surface area (Å²) >= 11 is 0. The summed E-state index contributed by atoms with van der Waals surface area (Å²) < 4.78 is 4.64. The van der Waals surface area contributed by atoms with Crippen LogP contribution in [0.1, 0.15) is 34.5 Å². The summed E-state index contributed by atoms with van der Waals surface area (Å²) in [6.07, 6.45) is -1.01. The molecule has 0 heterocycles. The van der Waals surface area contributed by atoms with E-state index in [9.17, 15) is 15.2 Å². The molecule has 22 heavy (non-hydrogen) atoms. The van der Waals surface area contributed by atoms with Crippen molar-refractivity contribution in [3.8, 4) is 6.07 Å². The van der Waals surface area contributed by atoms with Crippen molar-refractivity contribution in [2.75, 3.05) is 7.11 Å². The molecular weight excluding hydrogens is 278 g/mol. The maximum absolute atomic E-state index is 11.4. The lowest BCUT2D eigenvalue weighted by atomic mass is 9.76. The van der Waals surface area contributed by atoms with E-state index in [0.29, 0.717) is 11.1 Å². The zero-order valence-electron chi connectivity index (χ0n) is 12.5. The molecule has 112 valence electrons. The van der Waals surface area contributed by atoms with Gasteiger partial charge in [0.1, 0.15) is 11.5 Å². The normalized spacial score (nSPS) is 14.5. The van der Waals surface area contributed by atoms with Crippen LogP contribution < -0.4 is 0 Å². The van der Waals surface area contributed by atoms with E-state index in [0.717, 1.165) is 5.56 Å². The number of hydrogen-bond donors (Lipinski definition) is 1. The third-order valence-corrected chi connectivity index (χ3v) is 3.80. The maximum Gasteiger partial charge on any atom is 0.337 e. The van der Waals surface area contributed by atoms with Gasteiger partial charge in [0.15, 0.2) is 0 Å². The van der Waals surface area contributed by atoms with Crippen LogP contribution in [0, 0.1) is 11.3 Å². The minimum Gasteiger partial charge on any atom is -0.465 e. The second-order valence-corrected chi connectivity index (χ2v) is 5.20. The lowest BCUT2D eigenvalue weighted by molar-refractivity contribution is 0.0600. The standard InChI is InChI=1S/C18H17NO3/c1-18(12-19,15-6-4-3-5-7-15)16(20)13-8-10-14(11-9-13)17(21)22-2/h3-11,16,20H,1-2H3/t16-,18-/m0/s1. The van der Waals surface area contributed by atoms with E-state index in [4.69, 9.17) is 0 Å². The van der Waals surface area contributed by atoms with E-state index in [-0.39, 0.29) is 0 Å². The molecule has 0 amide bonds. The van der Waals surface area contributed by atoms with Crippen molar-refractivity contribution in [2.24, 2.45) is 0 Å². The number of esters is 1. The van der Waals surface area contributed by atoms with Crippen LogP contribution in [0.2, 0.25) is 0 Å². The van der Waals surface area contributed by atoms with E-state index in [1.807, 2.05) is 30.3 Å². The first-order valence-electron chi connectivity index (χ1n) is 6.86. The Morgan fingerprint density at radius 3 is 2.27 bits per heavy atom. The molecule has 4 nitrogen and oxygen atoms in total. The van der Waals surface area contributed by atoms with Gasteiger partial charge >= 0.3 is 5.97 Å². The second kappa shape index (κ2) is 6.42. The van der Waals surface area contributed by atoms with Crippen molar-refractivity contribution in [3.05, 3.63) is 71.3 Å². The average Bonchev–Trinajstić information content (AvgIpc) is 2.60. The van der Waals surface area contributed by atoms with Crippen LogP contribution in [0.15, 0.2) is 54.6 Å². The molecule has 2 rings (SSSR count). The predicted octanol–water partition coefficient (Wildman–Crippen LogP) is 2.99. The number of benzene rings is 2. The van der Waals surface area contributed by atoms with Gasteiger partial charge in [0, 0.05) is 0 Å². The number of carbonyl (C=O) groups excluding carboxylic acids is 1. The molecule has 0 saturated carbocycles. The Hall–Kier alpha value is -2.64. The molecule has 0 fully saturated rings. The van der Waals surface area contributed by atoms with Crippen molar-refractivity contribution < 1.29 is 14.6 Å². The van der Waals surface area contributed by atoms with E-state index < -0.39 is 17.5 Å². The predicted molar refractivity (Wildman–Crippen MR) is 82.1 cm³/mol. The number of carbonyl (C=O) groups is 1. The molecule has 0 radical (unpaired) electrons. The Labute approximate surface area is 129 Å². The molecule has 2 aromatic carbocycles. The average molecular weight is 295 g/mol. The van der Waals surface area contributed by atoms with Gasteiger partial charge in [-0.1, -0.05) is 42.5 Å². The molecule has 2 aromatic rings. The molecule has 2 atom stereocenters. The fourth-order valence-electron chi connectivity index (χ4n) is 2.32. The molecule has 1 N–H and O–H groups in total. The van der Waals surface area contributed by atoms with Gasteiger partial charge < -0.3 is 9.84 Å². The molecule has 0 aliphatic carbocycles. The molecule has 0 aliphatic rings. The first-order valence-corrected chi connectivity index (χ1v) is 6.86. The number of nitriles is 1. The number of nitrogens with zero attached hydrogens (tertiary/aromatic N) is 1. The van der Waals surface area contributed by atoms with E-state index >= 15 is 0 Å². The largest absolute Gasteiger partial charge is 0.465 e. The van der Waals surface area contributed by atoms with E-state index in [2.05, 4.69) is 10.8 Å². The summed E-state index contributed by atoms with van der Waals surface area (Å²) in [5.74, 6) is -0.438. The highest BCUT2D eigenvalue weighted by Gasteiger charge is 2.36. The van der Waals surface area contributed by atoms with Crippen LogP contribution in [-0.2, 0) is 10.2 Å². The monoisotopic (exact) mass is 295 g/mol. The van der Waals surface area contributed by atoms with Crippen LogP contribution >= 0.6 is 0 Å². The van der Waals surface area contributed by atoms with E-state index in [1.54, 1.807) is 31.2 Å². The zero-order valence-corrected chi connectivity index (χ0v) is 12.5. The van der Waals surface area contributed by atoms with Crippen LogP contribution in [0.5, 0.6) is 0 Å². The Morgan fingerprint density at radius 2 is 1.77 bits per heavy atom. The Bertz CT molecular complexity index is 689. The number of rotatable bonds is 4. The van der Waals surface area contributed by atoms with Gasteiger partial charge in [-0.2, -0.15) is 5.26 Å². The molecule has 0 saturated heterocycles. The highest BCUT2D eigenvalue weighted by molar-refractivity contribution is 5.89. The summed E-state index contributed by atoms with van der Waals surface area (Å²) in [5, 5.41) is 20.2. The summed E-state index contributed by atoms with van der Waals surface area (Å²) in [6, 6.07) is 17.8. The third kappa shape index (κ3) is 2.85. The summed E-state index contributed by atoms with van der Waals surface area (Å²) in [5.41, 5.74) is 0.632. The molecule has 4 heteroatoms. The van der Waals surface area contributed by atoms with Crippen molar-refractivity contribution in [2.45, 2.75) is 18.4 Å². The Balaban J connectivity index is 2.35. The van der Waals surface area contributed by atoms with Gasteiger partial charge in [-0.15, -0.1) is 0 Å². The van der Waals surface area contributed by atoms with Gasteiger partial charge in [-0.3, -0.25) is 0 Å². The number of hydrogen-bond acceptors (Lipinski definition) is 4. The molecule has 0 spiro atoms. The number of methoxy groups -OCH3 is 1. The van der Waals surface area contributed by atoms with Crippen LogP contribution in [0.3, 0.4) is 0 Å². The topological polar surface area (TPSA) is 70.3 Å². The molecule has 0 unspecified atom stereocenters. The number of ether oxygens (including phenoxy) is 1. The lowest BCUT2D eigenvalue weighted by Gasteiger charge is -2.28. The SMILES string of the molecule is COC(=O)c1ccc([C@H](O)[C@@](C)(C#N)c2ccccc2)cc1. The smallest absolute Gasteiger partial charge is 0.337 e. The van der Waals surface area contributed by atoms with Crippen molar-refractivity contribution in [3.63, 3.8) is 0 Å². The van der Waals surface area contributed by atoms with E-state index in [1.165, 1.54) is 7.11 Å². The van der Waals surface area contributed by atoms with Gasteiger partial charge in [0.2, 0.25) is 0 Å². The third-order valence-electron chi connectivity index (χ3n) is 3.80. The van der Waals surface area contributed by atoms with Crippen LogP contribution in [0.25, 0.3) is 0 Å². The highest BCUT2D eigenvalue weighted by Crippen LogP contribution is 2.36. The Morgan fingerprint density at radius 1 is 1.18 bits per heavy atom. The first kappa shape index (κ1) is 15.7. The van der Waals surface area contributed by atoms with Crippen molar-refractivity contribution in [1.29, 1.82) is 5.26 Å². The molecule has 0 aliphatic heterocycles. The number of aliphatic hydroxyl groups is 1. The quantitative estimate of drug-likeness (QED) is 0.880. The minimum atomic E-state index is -1.08. The van der Waals surface area contributed by atoms with Crippen LogP contribution in [0.4, 0.5) is 0 Å². The van der Waals surface area contributed by atoms with Crippen LogP contribution in [-0.4, -0.2) is 18.2 Å². The second-order valence-electron chi connectivity index (χ2n) is 5.20. The van der Waals surface area contributed by atoms with Gasteiger partial charge in [-0.05, 0) is 30.2 Å².